The fraction of sp³-hybridized carbons (Fsp3) is 0.238. The normalized spacial score (nSPS) is 12.6. The van der Waals surface area contributed by atoms with E-state index in [9.17, 15) is 0 Å². The number of thiazole rings is 1. The number of aromatic nitrogens is 1. The average Bonchev–Trinajstić information content (AvgIpc) is 3.04. The van der Waals surface area contributed by atoms with Gasteiger partial charge < -0.3 is 0 Å². The van der Waals surface area contributed by atoms with E-state index in [0.717, 1.165) is 41.2 Å². The van der Waals surface area contributed by atoms with Crippen LogP contribution in [0.5, 0.6) is 0 Å². The first-order valence-corrected chi connectivity index (χ1v) is 9.50. The van der Waals surface area contributed by atoms with Crippen LogP contribution in [-0.2, 0) is 6.42 Å². The summed E-state index contributed by atoms with van der Waals surface area (Å²) in [5, 5.41) is 7.02. The van der Waals surface area contributed by atoms with Crippen LogP contribution in [0.4, 0.5) is 0 Å². The topological polar surface area (TPSA) is 29.6 Å². The van der Waals surface area contributed by atoms with Crippen molar-refractivity contribution in [1.82, 2.24) is 4.68 Å². The molecule has 0 bridgehead atoms. The van der Waals surface area contributed by atoms with Crippen molar-refractivity contribution < 1.29 is 0 Å². The Labute approximate surface area is 153 Å². The first-order chi connectivity index (χ1) is 12.3. The van der Waals surface area contributed by atoms with Crippen molar-refractivity contribution in [2.24, 2.45) is 10.1 Å². The maximum absolute atomic E-state index is 4.88. The lowest BCUT2D eigenvalue weighted by Gasteiger charge is -2.06. The monoisotopic (exact) mass is 349 g/mol. The molecule has 0 aliphatic carbocycles. The third kappa shape index (κ3) is 4.54. The summed E-state index contributed by atoms with van der Waals surface area (Å²) in [7, 11) is 0. The zero-order valence-corrected chi connectivity index (χ0v) is 15.5. The summed E-state index contributed by atoms with van der Waals surface area (Å²) in [6.07, 6.45) is 1.94. The molecule has 3 aromatic rings. The van der Waals surface area contributed by atoms with Gasteiger partial charge in [-0.3, -0.25) is 4.99 Å². The van der Waals surface area contributed by atoms with E-state index < -0.39 is 0 Å². The molecule has 4 heteroatoms. The van der Waals surface area contributed by atoms with Crippen LogP contribution >= 0.6 is 11.3 Å². The Kier molecular flexibility index (Phi) is 5.96. The Morgan fingerprint density at radius 2 is 1.68 bits per heavy atom. The highest BCUT2D eigenvalue weighted by Crippen LogP contribution is 2.19. The summed E-state index contributed by atoms with van der Waals surface area (Å²) >= 11 is 1.64. The number of nitrogens with zero attached hydrogens (tertiary/aromatic N) is 3. The van der Waals surface area contributed by atoms with E-state index in [1.54, 1.807) is 11.3 Å². The molecule has 0 spiro atoms. The molecule has 0 aliphatic heterocycles. The van der Waals surface area contributed by atoms with E-state index in [1.165, 1.54) is 5.56 Å². The Hall–Kier alpha value is -2.46. The molecule has 0 saturated heterocycles. The largest absolute Gasteiger partial charge is 0.258 e. The minimum absolute atomic E-state index is 0.757. The maximum atomic E-state index is 4.88. The Bertz CT molecular complexity index is 890. The van der Waals surface area contributed by atoms with Gasteiger partial charge in [0.15, 0.2) is 0 Å². The van der Waals surface area contributed by atoms with E-state index >= 15 is 0 Å². The van der Waals surface area contributed by atoms with Crippen LogP contribution in [0.15, 0.2) is 76.1 Å². The Morgan fingerprint density at radius 1 is 1.00 bits per heavy atom. The van der Waals surface area contributed by atoms with Gasteiger partial charge >= 0.3 is 0 Å². The van der Waals surface area contributed by atoms with E-state index in [2.05, 4.69) is 78.8 Å². The number of aryl methyl sites for hydroxylation is 1. The standard InChI is InChI=1S/C21H23N3S/c1-3-22-21-24(20(16-25-21)19-12-8-5-9-13-19)23-17(2)14-15-18-10-6-4-7-11-18/h4-13,16H,3,14-15H2,1-2H3. The third-order valence-corrected chi connectivity index (χ3v) is 4.79. The Morgan fingerprint density at radius 3 is 2.36 bits per heavy atom. The lowest BCUT2D eigenvalue weighted by molar-refractivity contribution is 0.817. The highest BCUT2D eigenvalue weighted by molar-refractivity contribution is 7.07. The quantitative estimate of drug-likeness (QED) is 0.561. The maximum Gasteiger partial charge on any atom is 0.206 e. The van der Waals surface area contributed by atoms with Gasteiger partial charge in [-0.05, 0) is 32.3 Å². The van der Waals surface area contributed by atoms with Crippen molar-refractivity contribution in [2.75, 3.05) is 6.54 Å². The van der Waals surface area contributed by atoms with Crippen LogP contribution in [0.25, 0.3) is 11.3 Å². The lowest BCUT2D eigenvalue weighted by atomic mass is 10.1. The highest BCUT2D eigenvalue weighted by atomic mass is 32.1. The van der Waals surface area contributed by atoms with Crippen LogP contribution in [-0.4, -0.2) is 16.9 Å². The SMILES string of the molecule is CCN=c1scc(-c2ccccc2)n1N=C(C)CCc1ccccc1. The zero-order valence-electron chi connectivity index (χ0n) is 14.7. The number of hydrogen-bond donors (Lipinski definition) is 0. The van der Waals surface area contributed by atoms with Crippen LogP contribution in [0.3, 0.4) is 0 Å². The predicted octanol–water partition coefficient (Wildman–Crippen LogP) is 4.99. The Balaban J connectivity index is 1.89. The fourth-order valence-electron chi connectivity index (χ4n) is 2.64. The minimum Gasteiger partial charge on any atom is -0.258 e. The number of hydrogen-bond acceptors (Lipinski definition) is 3. The number of benzene rings is 2. The van der Waals surface area contributed by atoms with Crippen LogP contribution < -0.4 is 4.80 Å². The van der Waals surface area contributed by atoms with Crippen molar-refractivity contribution in [1.29, 1.82) is 0 Å². The van der Waals surface area contributed by atoms with Gasteiger partial charge in [0.1, 0.15) is 0 Å². The molecule has 3 rings (SSSR count). The van der Waals surface area contributed by atoms with E-state index in [4.69, 9.17) is 5.10 Å². The molecule has 0 radical (unpaired) electrons. The molecule has 3 nitrogen and oxygen atoms in total. The molecule has 0 aliphatic rings. The molecule has 0 N–H and O–H groups in total. The molecule has 25 heavy (non-hydrogen) atoms. The molecule has 1 heterocycles. The first kappa shape index (κ1) is 17.4. The van der Waals surface area contributed by atoms with Gasteiger partial charge in [-0.2, -0.15) is 5.10 Å². The van der Waals surface area contributed by atoms with E-state index in [-0.39, 0.29) is 0 Å². The molecule has 0 amide bonds. The second kappa shape index (κ2) is 8.58. The molecule has 0 saturated carbocycles. The molecule has 128 valence electrons. The molecular weight excluding hydrogens is 326 g/mol. The van der Waals surface area contributed by atoms with Gasteiger partial charge in [0, 0.05) is 23.2 Å². The van der Waals surface area contributed by atoms with Gasteiger partial charge in [-0.1, -0.05) is 60.7 Å². The van der Waals surface area contributed by atoms with Crippen LogP contribution in [0, 0.1) is 0 Å². The zero-order chi connectivity index (χ0) is 17.5. The summed E-state index contributed by atoms with van der Waals surface area (Å²) < 4.78 is 1.99. The molecule has 1 aromatic heterocycles. The fourth-order valence-corrected chi connectivity index (χ4v) is 3.53. The van der Waals surface area contributed by atoms with Crippen molar-refractivity contribution >= 4 is 17.0 Å². The van der Waals surface area contributed by atoms with Crippen molar-refractivity contribution in [2.45, 2.75) is 26.7 Å². The first-order valence-electron chi connectivity index (χ1n) is 8.62. The van der Waals surface area contributed by atoms with Gasteiger partial charge in [0.25, 0.3) is 0 Å². The van der Waals surface area contributed by atoms with E-state index in [0.29, 0.717) is 0 Å². The molecule has 0 fully saturated rings. The van der Waals surface area contributed by atoms with Crippen molar-refractivity contribution in [3.63, 3.8) is 0 Å². The second-order valence-electron chi connectivity index (χ2n) is 5.88. The van der Waals surface area contributed by atoms with Crippen molar-refractivity contribution in [3.8, 4) is 11.3 Å². The summed E-state index contributed by atoms with van der Waals surface area (Å²) in [5.41, 5.74) is 4.71. The predicted molar refractivity (Wildman–Crippen MR) is 107 cm³/mol. The van der Waals surface area contributed by atoms with Crippen molar-refractivity contribution in [3.05, 3.63) is 76.4 Å². The third-order valence-electron chi connectivity index (χ3n) is 3.94. The number of rotatable bonds is 6. The molecular formula is C21H23N3S. The van der Waals surface area contributed by atoms with Crippen LogP contribution in [0.1, 0.15) is 25.8 Å². The summed E-state index contributed by atoms with van der Waals surface area (Å²) in [4.78, 5) is 5.54. The van der Waals surface area contributed by atoms with Gasteiger partial charge in [0.05, 0.1) is 5.69 Å². The summed E-state index contributed by atoms with van der Waals surface area (Å²) in [5.74, 6) is 0. The molecule has 2 aromatic carbocycles. The summed E-state index contributed by atoms with van der Waals surface area (Å²) in [6.45, 7) is 4.91. The molecule has 0 atom stereocenters. The van der Waals surface area contributed by atoms with Gasteiger partial charge in [0.2, 0.25) is 4.80 Å². The average molecular weight is 350 g/mol. The molecule has 0 unspecified atom stereocenters. The van der Waals surface area contributed by atoms with Crippen LogP contribution in [0.2, 0.25) is 0 Å². The minimum atomic E-state index is 0.757. The second-order valence-corrected chi connectivity index (χ2v) is 6.71. The van der Waals surface area contributed by atoms with Gasteiger partial charge in [-0.15, -0.1) is 11.3 Å². The van der Waals surface area contributed by atoms with Gasteiger partial charge in [-0.25, -0.2) is 4.68 Å². The van der Waals surface area contributed by atoms with E-state index in [1.807, 2.05) is 10.7 Å². The highest BCUT2D eigenvalue weighted by Gasteiger charge is 2.07. The lowest BCUT2D eigenvalue weighted by Crippen LogP contribution is -2.14. The summed E-state index contributed by atoms with van der Waals surface area (Å²) in [6, 6.07) is 20.9. The smallest absolute Gasteiger partial charge is 0.206 e.